The predicted molar refractivity (Wildman–Crippen MR) is 60.0 cm³/mol. The highest BCUT2D eigenvalue weighted by Crippen LogP contribution is 2.22. The smallest absolute Gasteiger partial charge is 0.326 e. The van der Waals surface area contributed by atoms with Gasteiger partial charge in [-0.05, 0) is 13.0 Å². The molecule has 1 aromatic heterocycles. The monoisotopic (exact) mass is 264 g/mol. The number of hydrogen-bond acceptors (Lipinski definition) is 2. The van der Waals surface area contributed by atoms with E-state index in [-0.39, 0.29) is 15.9 Å². The van der Waals surface area contributed by atoms with Crippen LogP contribution in [0.2, 0.25) is 10.2 Å². The van der Waals surface area contributed by atoms with Crippen molar-refractivity contribution in [2.75, 3.05) is 7.05 Å². The fourth-order valence-corrected chi connectivity index (χ4v) is 1.36. The molecule has 1 unspecified atom stereocenters. The summed E-state index contributed by atoms with van der Waals surface area (Å²) in [5, 5.41) is 9.13. The number of carboxylic acids is 1. The maximum atomic E-state index is 11.8. The molecule has 0 bridgehead atoms. The number of H-pyrrole nitrogens is 1. The predicted octanol–water partition coefficient (Wildman–Crippen LogP) is 1.87. The molecule has 0 aliphatic heterocycles. The lowest BCUT2D eigenvalue weighted by Crippen LogP contribution is -2.40. The van der Waals surface area contributed by atoms with Gasteiger partial charge < -0.3 is 15.0 Å². The first kappa shape index (κ1) is 12.9. The highest BCUT2D eigenvalue weighted by atomic mass is 35.5. The zero-order valence-corrected chi connectivity index (χ0v) is 10.1. The SMILES string of the molecule is CC(C(=O)O)N(C)C(=O)c1cc(Cl)c(Cl)[nH]1. The quantitative estimate of drug-likeness (QED) is 0.876. The second-order valence-corrected chi connectivity index (χ2v) is 4.06. The molecule has 0 radical (unpaired) electrons. The van der Waals surface area contributed by atoms with Crippen LogP contribution in [-0.2, 0) is 4.79 Å². The number of carboxylic acid groups (broad SMARTS) is 1. The van der Waals surface area contributed by atoms with Crippen LogP contribution in [0.4, 0.5) is 0 Å². The molecule has 0 aliphatic carbocycles. The Morgan fingerprint density at radius 3 is 2.44 bits per heavy atom. The molecular weight excluding hydrogens is 255 g/mol. The van der Waals surface area contributed by atoms with Crippen molar-refractivity contribution in [1.29, 1.82) is 0 Å². The number of amides is 1. The number of aromatic amines is 1. The van der Waals surface area contributed by atoms with Gasteiger partial charge >= 0.3 is 5.97 Å². The van der Waals surface area contributed by atoms with Gasteiger partial charge in [0, 0.05) is 7.05 Å². The van der Waals surface area contributed by atoms with Crippen LogP contribution >= 0.6 is 23.2 Å². The molecule has 0 aromatic carbocycles. The van der Waals surface area contributed by atoms with Gasteiger partial charge in [0.15, 0.2) is 0 Å². The molecule has 0 aliphatic rings. The number of carbonyl (C=O) groups excluding carboxylic acids is 1. The lowest BCUT2D eigenvalue weighted by Gasteiger charge is -2.20. The number of nitrogens with one attached hydrogen (secondary N) is 1. The Kier molecular flexibility index (Phi) is 3.83. The summed E-state index contributed by atoms with van der Waals surface area (Å²) in [7, 11) is 1.39. The lowest BCUT2D eigenvalue weighted by atomic mass is 10.2. The van der Waals surface area contributed by atoms with Crippen LogP contribution in [0.15, 0.2) is 6.07 Å². The summed E-state index contributed by atoms with van der Waals surface area (Å²) in [4.78, 5) is 26.1. The van der Waals surface area contributed by atoms with E-state index in [4.69, 9.17) is 28.3 Å². The number of aromatic nitrogens is 1. The number of aliphatic carboxylic acids is 1. The molecule has 0 spiro atoms. The zero-order chi connectivity index (χ0) is 12.5. The van der Waals surface area contributed by atoms with Gasteiger partial charge in [0.25, 0.3) is 5.91 Å². The Bertz CT molecular complexity index is 411. The Morgan fingerprint density at radius 2 is 2.06 bits per heavy atom. The molecule has 0 fully saturated rings. The summed E-state index contributed by atoms with van der Waals surface area (Å²) in [6.07, 6.45) is 0. The molecule has 1 rings (SSSR count). The minimum Gasteiger partial charge on any atom is -0.480 e. The molecule has 0 saturated carbocycles. The van der Waals surface area contributed by atoms with Gasteiger partial charge in [-0.15, -0.1) is 0 Å². The third kappa shape index (κ3) is 2.48. The van der Waals surface area contributed by atoms with E-state index in [1.165, 1.54) is 20.0 Å². The average Bonchev–Trinajstić information content (AvgIpc) is 2.55. The van der Waals surface area contributed by atoms with Gasteiger partial charge in [-0.1, -0.05) is 23.2 Å². The van der Waals surface area contributed by atoms with E-state index in [9.17, 15) is 9.59 Å². The van der Waals surface area contributed by atoms with Gasteiger partial charge in [-0.3, -0.25) is 4.79 Å². The number of nitrogens with zero attached hydrogens (tertiary/aromatic N) is 1. The summed E-state index contributed by atoms with van der Waals surface area (Å²) in [5.41, 5.74) is 0.158. The maximum Gasteiger partial charge on any atom is 0.326 e. The maximum absolute atomic E-state index is 11.8. The van der Waals surface area contributed by atoms with E-state index < -0.39 is 17.9 Å². The molecule has 1 atom stereocenters. The highest BCUT2D eigenvalue weighted by molar-refractivity contribution is 6.41. The van der Waals surface area contributed by atoms with Crippen molar-refractivity contribution in [2.24, 2.45) is 0 Å². The van der Waals surface area contributed by atoms with E-state index in [2.05, 4.69) is 4.98 Å². The van der Waals surface area contributed by atoms with Crippen molar-refractivity contribution in [3.8, 4) is 0 Å². The molecule has 0 saturated heterocycles. The van der Waals surface area contributed by atoms with Crippen LogP contribution in [0.1, 0.15) is 17.4 Å². The van der Waals surface area contributed by atoms with Crippen molar-refractivity contribution < 1.29 is 14.7 Å². The first-order valence-corrected chi connectivity index (χ1v) is 5.14. The third-order valence-electron chi connectivity index (χ3n) is 2.21. The van der Waals surface area contributed by atoms with E-state index in [1.807, 2.05) is 0 Å². The first-order chi connectivity index (χ1) is 7.34. The van der Waals surface area contributed by atoms with Crippen LogP contribution in [0, 0.1) is 0 Å². The van der Waals surface area contributed by atoms with Crippen LogP contribution in [0.3, 0.4) is 0 Å². The fourth-order valence-electron chi connectivity index (χ4n) is 1.05. The van der Waals surface area contributed by atoms with E-state index in [1.54, 1.807) is 0 Å². The Balaban J connectivity index is 2.90. The van der Waals surface area contributed by atoms with Gasteiger partial charge in [0.2, 0.25) is 0 Å². The summed E-state index contributed by atoms with van der Waals surface area (Å²) in [6.45, 7) is 1.41. The number of likely N-dealkylation sites (N-methyl/N-ethyl adjacent to an activating group) is 1. The minimum absolute atomic E-state index is 0.154. The lowest BCUT2D eigenvalue weighted by molar-refractivity contribution is -0.141. The molecule has 2 N–H and O–H groups in total. The van der Waals surface area contributed by atoms with E-state index in [0.29, 0.717) is 0 Å². The normalized spacial score (nSPS) is 12.2. The second-order valence-electron chi connectivity index (χ2n) is 3.28. The Morgan fingerprint density at radius 1 is 1.50 bits per heavy atom. The highest BCUT2D eigenvalue weighted by Gasteiger charge is 2.24. The van der Waals surface area contributed by atoms with Crippen LogP contribution in [0.5, 0.6) is 0 Å². The number of carbonyl (C=O) groups is 2. The third-order valence-corrected chi connectivity index (χ3v) is 2.91. The number of rotatable bonds is 3. The summed E-state index contributed by atoms with van der Waals surface area (Å²) < 4.78 is 0. The van der Waals surface area contributed by atoms with E-state index >= 15 is 0 Å². The van der Waals surface area contributed by atoms with Crippen LogP contribution < -0.4 is 0 Å². The van der Waals surface area contributed by atoms with Gasteiger partial charge in [-0.25, -0.2) is 4.79 Å². The number of halogens is 2. The molecule has 88 valence electrons. The van der Waals surface area contributed by atoms with Crippen molar-refractivity contribution >= 4 is 35.1 Å². The second kappa shape index (κ2) is 4.76. The van der Waals surface area contributed by atoms with Gasteiger partial charge in [-0.2, -0.15) is 0 Å². The van der Waals surface area contributed by atoms with Gasteiger partial charge in [0.1, 0.15) is 16.9 Å². The van der Waals surface area contributed by atoms with Crippen molar-refractivity contribution in [3.63, 3.8) is 0 Å². The van der Waals surface area contributed by atoms with Crippen LogP contribution in [0.25, 0.3) is 0 Å². The molecule has 7 heteroatoms. The first-order valence-electron chi connectivity index (χ1n) is 4.38. The van der Waals surface area contributed by atoms with Crippen molar-refractivity contribution in [1.82, 2.24) is 9.88 Å². The molecule has 5 nitrogen and oxygen atoms in total. The molecule has 1 heterocycles. The Hall–Kier alpha value is -1.20. The largest absolute Gasteiger partial charge is 0.480 e. The molecule has 16 heavy (non-hydrogen) atoms. The van der Waals surface area contributed by atoms with E-state index in [0.717, 1.165) is 4.90 Å². The summed E-state index contributed by atoms with van der Waals surface area (Å²) in [5.74, 6) is -1.57. The fraction of sp³-hybridized carbons (Fsp3) is 0.333. The van der Waals surface area contributed by atoms with Gasteiger partial charge in [0.05, 0.1) is 5.02 Å². The summed E-state index contributed by atoms with van der Waals surface area (Å²) in [6, 6.07) is 0.436. The number of hydrogen-bond donors (Lipinski definition) is 2. The Labute approximate surface area is 102 Å². The zero-order valence-electron chi connectivity index (χ0n) is 8.62. The van der Waals surface area contributed by atoms with Crippen LogP contribution in [-0.4, -0.2) is 40.0 Å². The molecular formula is C9H10Cl2N2O3. The van der Waals surface area contributed by atoms with Crippen molar-refractivity contribution in [3.05, 3.63) is 21.9 Å². The van der Waals surface area contributed by atoms with Crippen molar-refractivity contribution in [2.45, 2.75) is 13.0 Å². The topological polar surface area (TPSA) is 73.4 Å². The summed E-state index contributed by atoms with van der Waals surface area (Å²) >= 11 is 11.3. The molecule has 1 aromatic rings. The minimum atomic E-state index is -1.08. The molecule has 1 amide bonds. The standard InChI is InChI=1S/C9H10Cl2N2O3/c1-4(9(15)16)13(2)8(14)6-3-5(10)7(11)12-6/h3-4,12H,1-2H3,(H,15,16). The average molecular weight is 265 g/mol.